The minimum atomic E-state index is -0.589. The van der Waals surface area contributed by atoms with Gasteiger partial charge in [-0.05, 0) is 136 Å². The molecule has 75 heavy (non-hydrogen) atoms. The molecule has 11 rings (SSSR count). The van der Waals surface area contributed by atoms with Crippen LogP contribution in [0.3, 0.4) is 0 Å². The zero-order chi connectivity index (χ0) is 51.6. The first-order chi connectivity index (χ1) is 36.6. The van der Waals surface area contributed by atoms with Gasteiger partial charge in [-0.15, -0.1) is 0 Å². The quantitative estimate of drug-likeness (QED) is 0.0780. The summed E-state index contributed by atoms with van der Waals surface area (Å²) >= 11 is 0. The second kappa shape index (κ2) is 20.8. The summed E-state index contributed by atoms with van der Waals surface area (Å²) in [4.78, 5) is 47.0. The number of hydrogen-bond acceptors (Lipinski definition) is 6. The Bertz CT molecular complexity index is 3690. The van der Waals surface area contributed by atoms with Gasteiger partial charge in [0.1, 0.15) is 5.75 Å². The van der Waals surface area contributed by atoms with Gasteiger partial charge in [0.2, 0.25) is 0 Å². The molecule has 3 N–H and O–H groups in total. The van der Waals surface area contributed by atoms with Crippen LogP contribution in [0, 0.1) is 20.8 Å². The number of carbonyl (C=O) groups is 2. The van der Waals surface area contributed by atoms with Gasteiger partial charge < -0.3 is 24.8 Å². The van der Waals surface area contributed by atoms with Crippen molar-refractivity contribution in [2.45, 2.75) is 53.5 Å². The van der Waals surface area contributed by atoms with Gasteiger partial charge in [-0.25, -0.2) is 19.6 Å². The second-order valence-corrected chi connectivity index (χ2v) is 19.3. The van der Waals surface area contributed by atoms with Crippen molar-refractivity contribution in [3.8, 4) is 50.3 Å². The Morgan fingerprint density at radius 3 is 1.36 bits per heavy atom. The van der Waals surface area contributed by atoms with Crippen LogP contribution in [0.2, 0.25) is 0 Å². The van der Waals surface area contributed by atoms with Gasteiger partial charge in [-0.3, -0.25) is 4.90 Å². The Kier molecular flexibility index (Phi) is 13.4. The van der Waals surface area contributed by atoms with Crippen LogP contribution in [0.4, 0.5) is 4.79 Å². The third-order valence-electron chi connectivity index (χ3n) is 14.2. The third-order valence-corrected chi connectivity index (χ3v) is 14.2. The Morgan fingerprint density at radius 2 is 0.947 bits per heavy atom. The highest BCUT2D eigenvalue weighted by molar-refractivity contribution is 6.00. The normalized spacial score (nSPS) is 14.1. The molecule has 10 nitrogen and oxygen atoms in total. The van der Waals surface area contributed by atoms with Gasteiger partial charge in [0.05, 0.1) is 47.6 Å². The Morgan fingerprint density at radius 1 is 0.533 bits per heavy atom. The summed E-state index contributed by atoms with van der Waals surface area (Å²) in [5.41, 5.74) is 20.6. The molecule has 372 valence electrons. The highest BCUT2D eigenvalue weighted by Crippen LogP contribution is 2.39. The average Bonchev–Trinajstić information content (AvgIpc) is 4.28. The minimum absolute atomic E-state index is 0.238. The second-order valence-electron chi connectivity index (χ2n) is 19.3. The summed E-state index contributed by atoms with van der Waals surface area (Å²) in [6, 6.07) is 51.4. The van der Waals surface area contributed by atoms with E-state index in [2.05, 4.69) is 170 Å². The lowest BCUT2D eigenvalue weighted by Crippen LogP contribution is -2.48. The van der Waals surface area contributed by atoms with Gasteiger partial charge >= 0.3 is 12.0 Å². The van der Waals surface area contributed by atoms with Gasteiger partial charge in [0.25, 0.3) is 0 Å². The molecule has 1 atom stereocenters. The highest BCUT2D eigenvalue weighted by atomic mass is 16.5. The van der Waals surface area contributed by atoms with E-state index in [-0.39, 0.29) is 12.6 Å². The molecule has 0 radical (unpaired) electrons. The first kappa shape index (κ1) is 48.3. The fourth-order valence-electron chi connectivity index (χ4n) is 10.3. The van der Waals surface area contributed by atoms with Crippen molar-refractivity contribution in [3.63, 3.8) is 0 Å². The topological polar surface area (TPSA) is 125 Å². The van der Waals surface area contributed by atoms with E-state index in [4.69, 9.17) is 19.4 Å². The maximum Gasteiger partial charge on any atom is 0.338 e. The predicted molar refractivity (Wildman–Crippen MR) is 303 cm³/mol. The molecule has 0 saturated carbocycles. The van der Waals surface area contributed by atoms with Crippen LogP contribution in [0.1, 0.15) is 77.8 Å². The van der Waals surface area contributed by atoms with Gasteiger partial charge in [0.15, 0.2) is 0 Å². The standard InChI is InChI=1S/C65H58N6O4/c1-6-74-64(72)58-43(5)71(65(73)70-63(58)48-12-8-7-9-13-48)38-10-11-39-75-49-28-26-47(27-29-49)62-56-36-34-54(68-56)60(45-22-16-41(3)17-23-45)52-32-30-50(66-52)59(44-20-14-40(2)15-21-44)51-31-33-53(67-51)61(55-35-37-57(62)69-55)46-24-18-42(4)19-25-46/h7-9,12-37,63,66,69H,6,10-11,38-39H2,1-5H3,(H,70,73). The smallest absolute Gasteiger partial charge is 0.338 e. The lowest BCUT2D eigenvalue weighted by atomic mass is 9.95. The summed E-state index contributed by atoms with van der Waals surface area (Å²) in [6.45, 7) is 11.0. The van der Waals surface area contributed by atoms with Crippen molar-refractivity contribution >= 4 is 58.4 Å². The number of aromatic nitrogens is 4. The van der Waals surface area contributed by atoms with Crippen molar-refractivity contribution in [2.75, 3.05) is 19.8 Å². The summed E-state index contributed by atoms with van der Waals surface area (Å²) in [5, 5.41) is 3.04. The molecule has 8 bridgehead atoms. The van der Waals surface area contributed by atoms with Crippen LogP contribution in [-0.4, -0.2) is 56.6 Å². The summed E-state index contributed by atoms with van der Waals surface area (Å²) in [5.74, 6) is 0.295. The molecule has 10 heteroatoms. The molecule has 6 heterocycles. The number of amides is 2. The van der Waals surface area contributed by atoms with Crippen molar-refractivity contribution in [3.05, 3.63) is 208 Å². The number of H-pyrrole nitrogens is 2. The van der Waals surface area contributed by atoms with Crippen molar-refractivity contribution in [2.24, 2.45) is 0 Å². The molecule has 3 aliphatic rings. The number of aromatic amines is 2. The lowest BCUT2D eigenvalue weighted by Gasteiger charge is -2.35. The molecule has 1 unspecified atom stereocenters. The number of esters is 1. The molecule has 0 spiro atoms. The highest BCUT2D eigenvalue weighted by Gasteiger charge is 2.36. The SMILES string of the molecule is CCOC(=O)C1=C(C)N(CCCCOc2ccc(-c3c4nc(c(-c5ccc(C)cc5)c5ccc([nH]5)c(-c5ccc(C)cc5)c5nc(c(-c6ccc(C)cc6)c6ccc3[nH]6)C=C5)C=C4)cc2)C(=O)NC1c1ccccc1. The van der Waals surface area contributed by atoms with Crippen molar-refractivity contribution in [1.82, 2.24) is 30.2 Å². The third kappa shape index (κ3) is 9.82. The van der Waals surface area contributed by atoms with E-state index in [1.807, 2.05) is 49.4 Å². The molecular formula is C65H58N6O4. The zero-order valence-corrected chi connectivity index (χ0v) is 42.8. The van der Waals surface area contributed by atoms with E-state index >= 15 is 0 Å². The van der Waals surface area contributed by atoms with E-state index in [0.29, 0.717) is 37.3 Å². The summed E-state index contributed by atoms with van der Waals surface area (Å²) in [7, 11) is 0. The van der Waals surface area contributed by atoms with E-state index in [1.165, 1.54) is 16.7 Å². The van der Waals surface area contributed by atoms with Crippen LogP contribution in [0.25, 0.3) is 90.9 Å². The van der Waals surface area contributed by atoms with Gasteiger partial charge in [0, 0.05) is 56.6 Å². The largest absolute Gasteiger partial charge is 0.494 e. The maximum absolute atomic E-state index is 13.5. The fourth-order valence-corrected chi connectivity index (χ4v) is 10.3. The van der Waals surface area contributed by atoms with Crippen LogP contribution < -0.4 is 10.1 Å². The monoisotopic (exact) mass is 986 g/mol. The van der Waals surface area contributed by atoms with Crippen LogP contribution in [0.5, 0.6) is 5.75 Å². The average molecular weight is 987 g/mol. The summed E-state index contributed by atoms with van der Waals surface area (Å²) in [6.07, 6.45) is 9.84. The fraction of sp³-hybridized carbons (Fsp3) is 0.169. The summed E-state index contributed by atoms with van der Waals surface area (Å²) < 4.78 is 11.8. The van der Waals surface area contributed by atoms with E-state index in [0.717, 1.165) is 101 Å². The molecule has 3 aromatic heterocycles. The molecule has 0 fully saturated rings. The molecule has 8 aromatic rings. The number of carbonyl (C=O) groups excluding carboxylic acids is 2. The lowest BCUT2D eigenvalue weighted by molar-refractivity contribution is -0.139. The van der Waals surface area contributed by atoms with Gasteiger partial charge in [-0.1, -0.05) is 132 Å². The number of hydrogen-bond donors (Lipinski definition) is 3. The molecule has 3 aliphatic heterocycles. The first-order valence-corrected chi connectivity index (χ1v) is 25.7. The Balaban J connectivity index is 0.966. The number of ether oxygens (including phenoxy) is 2. The molecule has 0 saturated heterocycles. The molecule has 2 amide bonds. The van der Waals surface area contributed by atoms with E-state index in [9.17, 15) is 9.59 Å². The molecule has 0 aliphatic carbocycles. The number of allylic oxidation sites excluding steroid dienone is 1. The first-order valence-electron chi connectivity index (χ1n) is 25.7. The predicted octanol–water partition coefficient (Wildman–Crippen LogP) is 15.0. The van der Waals surface area contributed by atoms with Crippen molar-refractivity contribution in [1.29, 1.82) is 0 Å². The van der Waals surface area contributed by atoms with Crippen LogP contribution in [-0.2, 0) is 9.53 Å². The van der Waals surface area contributed by atoms with Gasteiger partial charge in [-0.2, -0.15) is 0 Å². The molecular weight excluding hydrogens is 929 g/mol. The van der Waals surface area contributed by atoms with E-state index < -0.39 is 12.0 Å². The van der Waals surface area contributed by atoms with Crippen LogP contribution >= 0.6 is 0 Å². The van der Waals surface area contributed by atoms with Crippen molar-refractivity contribution < 1.29 is 19.1 Å². The number of aryl methyl sites for hydroxylation is 3. The number of nitrogens with zero attached hydrogens (tertiary/aromatic N) is 3. The Labute approximate surface area is 437 Å². The number of benzene rings is 5. The maximum atomic E-state index is 13.5. The van der Waals surface area contributed by atoms with E-state index in [1.54, 1.807) is 11.8 Å². The number of unbranched alkanes of at least 4 members (excludes halogenated alkanes) is 1. The Hall–Kier alpha value is -9.02. The minimum Gasteiger partial charge on any atom is -0.494 e. The number of urea groups is 1. The molecule has 5 aromatic carbocycles. The number of rotatable bonds is 13. The number of fused-ring (bicyclic) bond motifs is 8. The zero-order valence-electron chi connectivity index (χ0n) is 42.8. The van der Waals surface area contributed by atoms with Crippen LogP contribution in [0.15, 0.2) is 163 Å². The number of nitrogens with one attached hydrogen (secondary N) is 3.